The van der Waals surface area contributed by atoms with Crippen LogP contribution in [0.3, 0.4) is 0 Å². The SMILES string of the molecule is CCOCCNC(=O)Oc1ccc2c3c1OC1C(=O)CC[C@@]4(O)C(C2)N(CC2CC2)CCC314. The number of piperidine rings is 1. The Balaban J connectivity index is 1.35. The maximum absolute atomic E-state index is 13.1. The van der Waals surface area contributed by atoms with Gasteiger partial charge in [-0.15, -0.1) is 0 Å². The van der Waals surface area contributed by atoms with E-state index in [1.807, 2.05) is 13.0 Å². The van der Waals surface area contributed by atoms with Gasteiger partial charge in [0.2, 0.25) is 0 Å². The fourth-order valence-corrected chi connectivity index (χ4v) is 6.84. The molecule has 4 atom stereocenters. The number of ketones is 1. The highest BCUT2D eigenvalue weighted by atomic mass is 16.6. The first-order valence-electron chi connectivity index (χ1n) is 12.3. The van der Waals surface area contributed by atoms with Crippen molar-refractivity contribution in [3.05, 3.63) is 23.3 Å². The summed E-state index contributed by atoms with van der Waals surface area (Å²) >= 11 is 0. The molecule has 178 valence electrons. The van der Waals surface area contributed by atoms with Crippen LogP contribution in [0.25, 0.3) is 0 Å². The predicted octanol–water partition coefficient (Wildman–Crippen LogP) is 1.94. The second-order valence-corrected chi connectivity index (χ2v) is 10.2. The molecular weight excluding hydrogens is 424 g/mol. The summed E-state index contributed by atoms with van der Waals surface area (Å²) in [4.78, 5) is 27.9. The molecule has 8 heteroatoms. The molecule has 2 N–H and O–H groups in total. The number of carbonyl (C=O) groups excluding carboxylic acids is 2. The average Bonchev–Trinajstić information content (AvgIpc) is 3.54. The van der Waals surface area contributed by atoms with Crippen LogP contribution in [0.5, 0.6) is 11.5 Å². The van der Waals surface area contributed by atoms with Crippen LogP contribution in [-0.4, -0.2) is 72.5 Å². The van der Waals surface area contributed by atoms with Crippen LogP contribution in [-0.2, 0) is 21.4 Å². The summed E-state index contributed by atoms with van der Waals surface area (Å²) in [5, 5.41) is 14.9. The monoisotopic (exact) mass is 456 g/mol. The minimum absolute atomic E-state index is 0.0156. The molecule has 1 aromatic carbocycles. The third kappa shape index (κ3) is 3.07. The van der Waals surface area contributed by atoms with Crippen molar-refractivity contribution in [2.75, 3.05) is 32.8 Å². The van der Waals surface area contributed by atoms with Gasteiger partial charge < -0.3 is 24.6 Å². The van der Waals surface area contributed by atoms with Crippen molar-refractivity contribution in [2.24, 2.45) is 5.92 Å². The number of carbonyl (C=O) groups is 2. The Morgan fingerprint density at radius 2 is 2.18 bits per heavy atom. The molecule has 2 heterocycles. The molecule has 5 aliphatic rings. The first-order valence-corrected chi connectivity index (χ1v) is 12.3. The van der Waals surface area contributed by atoms with Gasteiger partial charge in [0.15, 0.2) is 23.4 Å². The van der Waals surface area contributed by atoms with E-state index < -0.39 is 23.2 Å². The Morgan fingerprint density at radius 1 is 1.33 bits per heavy atom. The Kier molecular flexibility index (Phi) is 4.98. The van der Waals surface area contributed by atoms with Crippen molar-refractivity contribution < 1.29 is 28.9 Å². The van der Waals surface area contributed by atoms with Crippen molar-refractivity contribution in [1.82, 2.24) is 10.2 Å². The lowest BCUT2D eigenvalue weighted by Gasteiger charge is -2.62. The molecule has 2 bridgehead atoms. The molecule has 0 aromatic heterocycles. The van der Waals surface area contributed by atoms with Crippen molar-refractivity contribution in [1.29, 1.82) is 0 Å². The van der Waals surface area contributed by atoms with Gasteiger partial charge in [-0.1, -0.05) is 6.07 Å². The average molecular weight is 457 g/mol. The zero-order valence-corrected chi connectivity index (χ0v) is 19.1. The largest absolute Gasteiger partial charge is 0.477 e. The first kappa shape index (κ1) is 21.4. The molecule has 1 saturated heterocycles. The fraction of sp³-hybridized carbons (Fsp3) is 0.680. The number of ether oxygens (including phenoxy) is 3. The molecule has 1 amide bonds. The lowest BCUT2D eigenvalue weighted by atomic mass is 9.49. The van der Waals surface area contributed by atoms with Gasteiger partial charge in [0.05, 0.1) is 17.6 Å². The van der Waals surface area contributed by atoms with E-state index in [0.717, 1.165) is 36.6 Å². The number of nitrogens with zero attached hydrogens (tertiary/aromatic N) is 1. The maximum Gasteiger partial charge on any atom is 0.412 e. The van der Waals surface area contributed by atoms with Crippen LogP contribution in [0, 0.1) is 5.92 Å². The number of amides is 1. The number of likely N-dealkylation sites (tertiary alicyclic amines) is 1. The molecule has 1 aromatic rings. The zero-order valence-electron chi connectivity index (χ0n) is 19.1. The molecule has 3 aliphatic carbocycles. The quantitative estimate of drug-likeness (QED) is 0.605. The number of hydrogen-bond donors (Lipinski definition) is 2. The first-order chi connectivity index (χ1) is 16.0. The number of rotatable bonds is 7. The minimum Gasteiger partial charge on any atom is -0.477 e. The van der Waals surface area contributed by atoms with Gasteiger partial charge in [-0.25, -0.2) is 4.79 Å². The van der Waals surface area contributed by atoms with Gasteiger partial charge in [-0.3, -0.25) is 9.69 Å². The van der Waals surface area contributed by atoms with Gasteiger partial charge in [0.1, 0.15) is 0 Å². The molecule has 2 aliphatic heterocycles. The summed E-state index contributed by atoms with van der Waals surface area (Å²) in [5.74, 6) is 1.53. The van der Waals surface area contributed by atoms with Crippen molar-refractivity contribution in [2.45, 2.75) is 68.6 Å². The number of hydrogen-bond acceptors (Lipinski definition) is 7. The minimum atomic E-state index is -1.02. The van der Waals surface area contributed by atoms with Crippen LogP contribution in [0.2, 0.25) is 0 Å². The molecular formula is C25H32N2O6. The van der Waals surface area contributed by atoms with E-state index in [4.69, 9.17) is 14.2 Å². The Hall–Kier alpha value is -2.16. The summed E-state index contributed by atoms with van der Waals surface area (Å²) in [7, 11) is 0. The van der Waals surface area contributed by atoms with Gasteiger partial charge in [0.25, 0.3) is 0 Å². The van der Waals surface area contributed by atoms with Crippen molar-refractivity contribution in [3.63, 3.8) is 0 Å². The highest BCUT2D eigenvalue weighted by molar-refractivity contribution is 5.90. The van der Waals surface area contributed by atoms with E-state index in [2.05, 4.69) is 10.2 Å². The molecule has 3 fully saturated rings. The Bertz CT molecular complexity index is 993. The van der Waals surface area contributed by atoms with Gasteiger partial charge in [0, 0.05) is 37.7 Å². The fourth-order valence-electron chi connectivity index (χ4n) is 6.84. The second-order valence-electron chi connectivity index (χ2n) is 10.2. The standard InChI is InChI=1S/C25H32N2O6/c1-2-31-12-10-26-23(29)32-18-6-5-16-13-19-25(30)8-7-17(28)22-24(25,20(16)21(18)33-22)9-11-27(19)14-15-3-4-15/h5-6,15,19,22,30H,2-4,7-14H2,1H3,(H,26,29)/t19?,22?,24?,25-/m1/s1. The summed E-state index contributed by atoms with van der Waals surface area (Å²) in [6.45, 7) is 5.10. The van der Waals surface area contributed by atoms with Crippen molar-refractivity contribution >= 4 is 11.9 Å². The van der Waals surface area contributed by atoms with Gasteiger partial charge in [-0.05, 0) is 63.1 Å². The van der Waals surface area contributed by atoms with E-state index in [-0.39, 0.29) is 11.8 Å². The van der Waals surface area contributed by atoms with Crippen LogP contribution in [0.1, 0.15) is 50.2 Å². The second kappa shape index (κ2) is 7.68. The smallest absolute Gasteiger partial charge is 0.412 e. The van der Waals surface area contributed by atoms with E-state index in [1.54, 1.807) is 6.07 Å². The third-order valence-corrected chi connectivity index (χ3v) is 8.47. The number of Topliss-reactive ketones (excluding diaryl/α,β-unsaturated/α-hetero) is 1. The van der Waals surface area contributed by atoms with E-state index in [1.165, 1.54) is 12.8 Å². The van der Waals surface area contributed by atoms with E-state index in [9.17, 15) is 14.7 Å². The highest BCUT2D eigenvalue weighted by Crippen LogP contribution is 2.65. The molecule has 33 heavy (non-hydrogen) atoms. The summed E-state index contributed by atoms with van der Waals surface area (Å²) < 4.78 is 17.2. The van der Waals surface area contributed by atoms with Gasteiger partial charge >= 0.3 is 6.09 Å². The number of benzene rings is 1. The highest BCUT2D eigenvalue weighted by Gasteiger charge is 2.73. The Labute approximate surface area is 193 Å². The predicted molar refractivity (Wildman–Crippen MR) is 119 cm³/mol. The maximum atomic E-state index is 13.1. The third-order valence-electron chi connectivity index (χ3n) is 8.47. The molecule has 8 nitrogen and oxygen atoms in total. The van der Waals surface area contributed by atoms with Gasteiger partial charge in [-0.2, -0.15) is 0 Å². The van der Waals surface area contributed by atoms with E-state index >= 15 is 0 Å². The number of aliphatic hydroxyl groups is 1. The van der Waals surface area contributed by atoms with Crippen LogP contribution < -0.4 is 14.8 Å². The summed E-state index contributed by atoms with van der Waals surface area (Å²) in [5.41, 5.74) is 0.210. The lowest BCUT2D eigenvalue weighted by molar-refractivity contribution is -0.188. The summed E-state index contributed by atoms with van der Waals surface area (Å²) in [6.07, 6.45) is 3.40. The topological polar surface area (TPSA) is 97.3 Å². The molecule has 6 rings (SSSR count). The Morgan fingerprint density at radius 3 is 2.97 bits per heavy atom. The lowest BCUT2D eigenvalue weighted by Crippen LogP contribution is -2.76. The molecule has 3 unspecified atom stereocenters. The molecule has 2 saturated carbocycles. The van der Waals surface area contributed by atoms with E-state index in [0.29, 0.717) is 50.5 Å². The van der Waals surface area contributed by atoms with Crippen LogP contribution in [0.15, 0.2) is 12.1 Å². The number of nitrogens with one attached hydrogen (secondary N) is 1. The zero-order chi connectivity index (χ0) is 22.8. The molecule has 0 radical (unpaired) electrons. The van der Waals surface area contributed by atoms with Crippen LogP contribution in [0.4, 0.5) is 4.79 Å². The molecule has 1 spiro atoms. The van der Waals surface area contributed by atoms with Crippen LogP contribution >= 0.6 is 0 Å². The van der Waals surface area contributed by atoms with Crippen molar-refractivity contribution in [3.8, 4) is 11.5 Å². The summed E-state index contributed by atoms with van der Waals surface area (Å²) in [6, 6.07) is 3.74. The normalized spacial score (nSPS) is 33.9.